The van der Waals surface area contributed by atoms with Crippen LogP contribution in [0.5, 0.6) is 0 Å². The van der Waals surface area contributed by atoms with Crippen LogP contribution in [-0.2, 0) is 4.79 Å². The van der Waals surface area contributed by atoms with Crippen molar-refractivity contribution in [2.45, 2.75) is 53.9 Å². The first-order valence-corrected chi connectivity index (χ1v) is 7.18. The third-order valence-electron chi connectivity index (χ3n) is 4.15. The monoisotopic (exact) mass is 271 g/mol. The molecule has 0 rings (SSSR count). The molecule has 0 aliphatic carbocycles. The molecule has 0 spiro atoms. The predicted molar refractivity (Wildman–Crippen MR) is 78.1 cm³/mol. The van der Waals surface area contributed by atoms with Gasteiger partial charge >= 0.3 is 0 Å². The lowest BCUT2D eigenvalue weighted by atomic mass is 9.84. The molecule has 112 valence electrons. The third-order valence-corrected chi connectivity index (χ3v) is 4.15. The highest BCUT2D eigenvalue weighted by molar-refractivity contribution is 6.06. The molecule has 0 heterocycles. The number of nitrogens with two attached hydrogens (primary N) is 1. The summed E-state index contributed by atoms with van der Waals surface area (Å²) >= 11 is 0. The van der Waals surface area contributed by atoms with E-state index in [2.05, 4.69) is 19.0 Å². The SMILES string of the molecule is CCC(CC)CN(CC)C(=O)C(C)(CC)C(N)=NO. The zero-order valence-electron chi connectivity index (χ0n) is 12.9. The van der Waals surface area contributed by atoms with Crippen LogP contribution in [0.2, 0.25) is 0 Å². The van der Waals surface area contributed by atoms with Gasteiger partial charge < -0.3 is 15.8 Å². The first kappa shape index (κ1) is 17.7. The number of nitrogens with zero attached hydrogens (tertiary/aromatic N) is 2. The van der Waals surface area contributed by atoms with Crippen LogP contribution in [0, 0.1) is 11.3 Å². The Morgan fingerprint density at radius 2 is 1.84 bits per heavy atom. The summed E-state index contributed by atoms with van der Waals surface area (Å²) in [5.74, 6) is 0.431. The number of amidine groups is 1. The van der Waals surface area contributed by atoms with Crippen LogP contribution in [0.1, 0.15) is 53.9 Å². The Kier molecular flexibility index (Phi) is 7.49. The number of carbonyl (C=O) groups excluding carboxylic acids is 1. The van der Waals surface area contributed by atoms with E-state index in [4.69, 9.17) is 10.9 Å². The van der Waals surface area contributed by atoms with E-state index < -0.39 is 5.41 Å². The molecule has 0 saturated heterocycles. The van der Waals surface area contributed by atoms with Crippen LogP contribution in [0.3, 0.4) is 0 Å². The van der Waals surface area contributed by atoms with E-state index in [1.807, 2.05) is 18.7 Å². The van der Waals surface area contributed by atoms with Gasteiger partial charge in [0.1, 0.15) is 5.41 Å². The molecule has 0 aromatic rings. The van der Waals surface area contributed by atoms with E-state index in [0.29, 0.717) is 18.9 Å². The van der Waals surface area contributed by atoms with Crippen molar-refractivity contribution in [2.75, 3.05) is 13.1 Å². The van der Waals surface area contributed by atoms with Crippen molar-refractivity contribution < 1.29 is 10.0 Å². The largest absolute Gasteiger partial charge is 0.409 e. The zero-order valence-corrected chi connectivity index (χ0v) is 12.9. The third kappa shape index (κ3) is 4.11. The lowest BCUT2D eigenvalue weighted by Gasteiger charge is -2.34. The van der Waals surface area contributed by atoms with Crippen molar-refractivity contribution >= 4 is 11.7 Å². The molecule has 0 radical (unpaired) electrons. The molecule has 0 bridgehead atoms. The van der Waals surface area contributed by atoms with Gasteiger partial charge in [-0.1, -0.05) is 38.8 Å². The minimum Gasteiger partial charge on any atom is -0.409 e. The van der Waals surface area contributed by atoms with Gasteiger partial charge in [0, 0.05) is 13.1 Å². The average Bonchev–Trinajstić information content (AvgIpc) is 2.46. The predicted octanol–water partition coefficient (Wildman–Crippen LogP) is 2.43. The summed E-state index contributed by atoms with van der Waals surface area (Å²) in [6.07, 6.45) is 2.61. The highest BCUT2D eigenvalue weighted by Crippen LogP contribution is 2.25. The second-order valence-electron chi connectivity index (χ2n) is 5.20. The first-order valence-electron chi connectivity index (χ1n) is 7.18. The minimum absolute atomic E-state index is 0.0111. The number of amides is 1. The summed E-state index contributed by atoms with van der Waals surface area (Å²) in [6, 6.07) is 0. The van der Waals surface area contributed by atoms with Crippen LogP contribution < -0.4 is 5.73 Å². The summed E-state index contributed by atoms with van der Waals surface area (Å²) < 4.78 is 0. The quantitative estimate of drug-likeness (QED) is 0.308. The van der Waals surface area contributed by atoms with Crippen molar-refractivity contribution in [3.8, 4) is 0 Å². The molecular formula is C14H29N3O2. The van der Waals surface area contributed by atoms with Crippen molar-refractivity contribution in [1.82, 2.24) is 4.90 Å². The number of rotatable bonds is 8. The highest BCUT2D eigenvalue weighted by atomic mass is 16.4. The number of carbonyl (C=O) groups is 1. The van der Waals surface area contributed by atoms with Crippen LogP contribution in [0.4, 0.5) is 0 Å². The van der Waals surface area contributed by atoms with Crippen molar-refractivity contribution in [2.24, 2.45) is 22.2 Å². The normalized spacial score (nSPS) is 15.4. The lowest BCUT2D eigenvalue weighted by molar-refractivity contribution is -0.138. The molecule has 3 N–H and O–H groups in total. The van der Waals surface area contributed by atoms with E-state index in [-0.39, 0.29) is 11.7 Å². The van der Waals surface area contributed by atoms with Crippen LogP contribution in [0.25, 0.3) is 0 Å². The van der Waals surface area contributed by atoms with E-state index in [1.54, 1.807) is 6.92 Å². The molecule has 19 heavy (non-hydrogen) atoms. The number of hydrogen-bond donors (Lipinski definition) is 2. The van der Waals surface area contributed by atoms with Crippen molar-refractivity contribution in [3.63, 3.8) is 0 Å². The highest BCUT2D eigenvalue weighted by Gasteiger charge is 2.39. The van der Waals surface area contributed by atoms with Gasteiger partial charge in [-0.3, -0.25) is 4.79 Å². The van der Waals surface area contributed by atoms with Crippen LogP contribution in [-0.4, -0.2) is 34.9 Å². The van der Waals surface area contributed by atoms with Gasteiger partial charge in [-0.25, -0.2) is 0 Å². The fraction of sp³-hybridized carbons (Fsp3) is 0.857. The topological polar surface area (TPSA) is 78.9 Å². The molecule has 0 aliphatic rings. The molecule has 1 unspecified atom stereocenters. The zero-order chi connectivity index (χ0) is 15.1. The maximum atomic E-state index is 12.6. The van der Waals surface area contributed by atoms with Gasteiger partial charge in [-0.2, -0.15) is 0 Å². The van der Waals surface area contributed by atoms with E-state index in [9.17, 15) is 4.79 Å². The van der Waals surface area contributed by atoms with E-state index in [0.717, 1.165) is 19.4 Å². The molecular weight excluding hydrogens is 242 g/mol. The van der Waals surface area contributed by atoms with Gasteiger partial charge in [0.15, 0.2) is 5.84 Å². The maximum absolute atomic E-state index is 12.6. The Morgan fingerprint density at radius 1 is 1.32 bits per heavy atom. The Hall–Kier alpha value is -1.26. The molecule has 1 amide bonds. The first-order chi connectivity index (χ1) is 8.90. The van der Waals surface area contributed by atoms with Gasteiger partial charge in [0.05, 0.1) is 0 Å². The average molecular weight is 271 g/mol. The lowest BCUT2D eigenvalue weighted by Crippen LogP contribution is -2.50. The number of oxime groups is 1. The molecule has 0 aliphatic heterocycles. The summed E-state index contributed by atoms with van der Waals surface area (Å²) in [7, 11) is 0. The van der Waals surface area contributed by atoms with Gasteiger partial charge in [0.2, 0.25) is 5.91 Å². The molecule has 0 aromatic carbocycles. The second kappa shape index (κ2) is 8.02. The Bertz CT molecular complexity index is 314. The van der Waals surface area contributed by atoms with Crippen LogP contribution >= 0.6 is 0 Å². The number of hydrogen-bond acceptors (Lipinski definition) is 3. The van der Waals surface area contributed by atoms with Crippen LogP contribution in [0.15, 0.2) is 5.16 Å². The molecule has 0 saturated carbocycles. The maximum Gasteiger partial charge on any atom is 0.236 e. The van der Waals surface area contributed by atoms with E-state index in [1.165, 1.54) is 0 Å². The van der Waals surface area contributed by atoms with Gasteiger partial charge in [-0.05, 0) is 26.2 Å². The minimum atomic E-state index is -0.920. The summed E-state index contributed by atoms with van der Waals surface area (Å²) in [4.78, 5) is 14.5. The molecule has 0 aromatic heterocycles. The van der Waals surface area contributed by atoms with E-state index >= 15 is 0 Å². The molecule has 5 nitrogen and oxygen atoms in total. The Balaban J connectivity index is 5.10. The summed E-state index contributed by atoms with van der Waals surface area (Å²) in [6.45, 7) is 11.2. The summed E-state index contributed by atoms with van der Waals surface area (Å²) in [5.41, 5.74) is 4.78. The van der Waals surface area contributed by atoms with Crippen molar-refractivity contribution in [1.29, 1.82) is 0 Å². The summed E-state index contributed by atoms with van der Waals surface area (Å²) in [5, 5.41) is 11.9. The molecule has 1 atom stereocenters. The Morgan fingerprint density at radius 3 is 2.16 bits per heavy atom. The fourth-order valence-electron chi connectivity index (χ4n) is 2.12. The second-order valence-corrected chi connectivity index (χ2v) is 5.20. The smallest absolute Gasteiger partial charge is 0.236 e. The Labute approximate surface area is 116 Å². The fourth-order valence-corrected chi connectivity index (χ4v) is 2.12. The molecule has 5 heteroatoms. The molecule has 0 fully saturated rings. The van der Waals surface area contributed by atoms with Crippen molar-refractivity contribution in [3.05, 3.63) is 0 Å². The standard InChI is InChI=1S/C14H29N3O2/c1-6-11(7-2)10-17(9-4)13(18)14(5,8-3)12(15)16-19/h11,19H,6-10H2,1-5H3,(H2,15,16). The van der Waals surface area contributed by atoms with Gasteiger partial charge in [-0.15, -0.1) is 0 Å². The van der Waals surface area contributed by atoms with Gasteiger partial charge in [0.25, 0.3) is 0 Å².